The van der Waals surface area contributed by atoms with Crippen molar-refractivity contribution in [2.24, 2.45) is 0 Å². The zero-order valence-corrected chi connectivity index (χ0v) is 41.8. The molecule has 0 heterocycles. The summed E-state index contributed by atoms with van der Waals surface area (Å²) in [7, 11) is -10.7. The van der Waals surface area contributed by atoms with E-state index >= 15 is 0 Å². The summed E-state index contributed by atoms with van der Waals surface area (Å²) in [4.78, 5) is 10.5. The van der Waals surface area contributed by atoms with Gasteiger partial charge < -0.3 is 36.8 Å². The molecule has 0 bridgehead atoms. The summed E-state index contributed by atoms with van der Waals surface area (Å²) >= 11 is 0. The summed E-state index contributed by atoms with van der Waals surface area (Å²) < 4.78 is 17.1. The van der Waals surface area contributed by atoms with E-state index in [1.54, 1.807) is 0 Å². The van der Waals surface area contributed by atoms with Crippen molar-refractivity contribution < 1.29 is 213 Å². The van der Waals surface area contributed by atoms with Crippen LogP contribution in [-0.2, 0) is 209 Å². The van der Waals surface area contributed by atoms with Crippen LogP contribution >= 0.6 is 0 Å². The minimum absolute atomic E-state index is 0. The Kier molecular flexibility index (Phi) is 47.2. The molecule has 15 heteroatoms. The van der Waals surface area contributed by atoms with Crippen LogP contribution in [-0.4, -0.2) is 46.9 Å². The molecule has 0 saturated heterocycles. The molecule has 0 atom stereocenters. The van der Waals surface area contributed by atoms with Crippen LogP contribution in [0, 0.1) is 19.6 Å². The molecule has 0 aromatic heterocycles. The first-order chi connectivity index (χ1) is 9.12. The molecule has 6 radical (unpaired) electrons. The Bertz CT molecular complexity index is 297. The fraction of sp³-hybridized carbons (Fsp3) is 0.769. The molecule has 0 aromatic rings. The molecule has 4 nitrogen and oxygen atoms in total. The molecule has 0 aliphatic rings. The molecule has 1 N–H and O–H groups in total. The second-order valence-corrected chi connectivity index (χ2v) is 28.9. The van der Waals surface area contributed by atoms with Crippen LogP contribution < -0.4 is 0 Å². The van der Waals surface area contributed by atoms with Gasteiger partial charge in [-0.1, -0.05) is 45.8 Å². The third-order valence-corrected chi connectivity index (χ3v) is 11.2. The summed E-state index contributed by atoms with van der Waals surface area (Å²) in [6.07, 6.45) is 0. The molecule has 0 fully saturated rings. The SMILES string of the molecule is [CH2-][Si](C)(C)C.[CH2-][Si](C)(C)O[Si](O)(O[Si]([CH2-])(C)C)O[Si](C)(C)C.[Y].[Y].[Y].[Y].[Y].[Y]. The topological polar surface area (TPSA) is 47.9 Å². The van der Waals surface area contributed by atoms with Crippen LogP contribution in [0.4, 0.5) is 0 Å². The van der Waals surface area contributed by atoms with Crippen molar-refractivity contribution in [1.82, 2.24) is 0 Å². The number of hydrogen-bond acceptors (Lipinski definition) is 4. The third kappa shape index (κ3) is 54.5. The van der Waals surface area contributed by atoms with Crippen LogP contribution in [0.2, 0.25) is 65.5 Å². The molecular formula is C13H37O4Si5Y6-3. The molecule has 0 aliphatic carbocycles. The molecule has 0 aromatic carbocycles. The summed E-state index contributed by atoms with van der Waals surface area (Å²) in [5.74, 6) is 0. The van der Waals surface area contributed by atoms with E-state index in [1.165, 1.54) is 0 Å². The molecule has 0 saturated carbocycles. The van der Waals surface area contributed by atoms with Crippen molar-refractivity contribution >= 4 is 42.1 Å². The first kappa shape index (κ1) is 55.9. The van der Waals surface area contributed by atoms with E-state index in [9.17, 15) is 4.80 Å². The molecule has 0 spiro atoms. The van der Waals surface area contributed by atoms with Gasteiger partial charge in [-0.05, 0) is 19.6 Å². The Balaban J connectivity index is -0.0000000543. The van der Waals surface area contributed by atoms with Crippen molar-refractivity contribution in [2.45, 2.75) is 65.5 Å². The van der Waals surface area contributed by atoms with Gasteiger partial charge in [-0.2, -0.15) is 0 Å². The normalized spacial score (nSPS) is 11.4. The Morgan fingerprint density at radius 1 is 0.500 bits per heavy atom. The van der Waals surface area contributed by atoms with E-state index in [0.717, 1.165) is 0 Å². The van der Waals surface area contributed by atoms with Crippen LogP contribution in [0.3, 0.4) is 0 Å². The average Bonchev–Trinajstić information content (AvgIpc) is 1.82. The maximum absolute atomic E-state index is 10.5. The molecule has 0 aliphatic heterocycles. The Hall–Kier alpha value is 7.55. The average molecular weight is 931 g/mol. The Morgan fingerprint density at radius 3 is 0.786 bits per heavy atom. The fourth-order valence-corrected chi connectivity index (χ4v) is 11.5. The molecule has 0 rings (SSSR count). The van der Waals surface area contributed by atoms with Gasteiger partial charge in [0, 0.05) is 213 Å². The number of rotatable bonds is 6. The standard InChI is InChI=1S/C9H26O4Si4.C4H11Si.6Y/c1-14(2,3)11-17(10,12-15(4,5)6)13-16(7,8)9;1-5(2,3)4;;;;;;/h10H,1,4H2,2-3,5-9H3;1H2,2-4H3;;;;;;/q-2;-1;;;;;;. The van der Waals surface area contributed by atoms with Gasteiger partial charge in [-0.25, -0.2) is 0 Å². The quantitative estimate of drug-likeness (QED) is 0.322. The second-order valence-electron chi connectivity index (χ2n) is 9.02. The summed E-state index contributed by atoms with van der Waals surface area (Å²) in [6.45, 7) is 32.1. The van der Waals surface area contributed by atoms with E-state index in [2.05, 4.69) is 39.3 Å². The van der Waals surface area contributed by atoms with Crippen molar-refractivity contribution in [2.75, 3.05) is 0 Å². The van der Waals surface area contributed by atoms with E-state index in [1.807, 2.05) is 45.8 Å². The molecule has 28 heavy (non-hydrogen) atoms. The zero-order chi connectivity index (χ0) is 18.6. The Morgan fingerprint density at radius 2 is 0.679 bits per heavy atom. The minimum Gasteiger partial charge on any atom is -0.423 e. The van der Waals surface area contributed by atoms with Crippen molar-refractivity contribution in [1.29, 1.82) is 0 Å². The van der Waals surface area contributed by atoms with E-state index in [0.29, 0.717) is 0 Å². The minimum atomic E-state index is -3.60. The summed E-state index contributed by atoms with van der Waals surface area (Å²) in [5.41, 5.74) is 0. The van der Waals surface area contributed by atoms with Gasteiger partial charge in [-0.15, -0.1) is 8.07 Å². The second kappa shape index (κ2) is 23.6. The molecule has 0 amide bonds. The van der Waals surface area contributed by atoms with Crippen molar-refractivity contribution in [3.05, 3.63) is 19.6 Å². The largest absolute Gasteiger partial charge is 0.641 e. The predicted molar refractivity (Wildman–Crippen MR) is 109 cm³/mol. The van der Waals surface area contributed by atoms with E-state index in [-0.39, 0.29) is 196 Å². The van der Waals surface area contributed by atoms with Gasteiger partial charge in [0.05, 0.1) is 0 Å². The van der Waals surface area contributed by atoms with Crippen molar-refractivity contribution in [3.63, 3.8) is 0 Å². The predicted octanol–water partition coefficient (Wildman–Crippen LogP) is 4.14. The zero-order valence-electron chi connectivity index (χ0n) is 19.8. The maximum atomic E-state index is 10.5. The van der Waals surface area contributed by atoms with E-state index < -0.39 is 42.1 Å². The summed E-state index contributed by atoms with van der Waals surface area (Å²) in [5, 5.41) is 0. The van der Waals surface area contributed by atoms with Crippen LogP contribution in [0.5, 0.6) is 0 Å². The van der Waals surface area contributed by atoms with Crippen LogP contribution in [0.15, 0.2) is 0 Å². The molecule has 0 unspecified atom stereocenters. The first-order valence-corrected chi connectivity index (χ1v) is 22.5. The van der Waals surface area contributed by atoms with Gasteiger partial charge in [0.2, 0.25) is 0 Å². The van der Waals surface area contributed by atoms with Crippen LogP contribution in [0.1, 0.15) is 0 Å². The third-order valence-electron chi connectivity index (χ3n) is 1.25. The van der Waals surface area contributed by atoms with Crippen LogP contribution in [0.25, 0.3) is 0 Å². The monoisotopic (exact) mass is 931 g/mol. The Labute approximate surface area is 332 Å². The summed E-state index contributed by atoms with van der Waals surface area (Å²) in [6, 6.07) is 0. The smallest absolute Gasteiger partial charge is 0.423 e. The maximum Gasteiger partial charge on any atom is 0.641 e. The van der Waals surface area contributed by atoms with Gasteiger partial charge in [0.15, 0.2) is 8.32 Å². The van der Waals surface area contributed by atoms with Gasteiger partial charge in [-0.3, -0.25) is 0 Å². The van der Waals surface area contributed by atoms with Gasteiger partial charge in [0.25, 0.3) is 0 Å². The first-order valence-electron chi connectivity index (χ1n) is 7.51. The fourth-order valence-electron chi connectivity index (χ4n) is 1.15. The molecule has 154 valence electrons. The van der Waals surface area contributed by atoms with Gasteiger partial charge >= 0.3 is 9.05 Å². The van der Waals surface area contributed by atoms with Gasteiger partial charge in [0.1, 0.15) is 0 Å². The van der Waals surface area contributed by atoms with Crippen molar-refractivity contribution in [3.8, 4) is 0 Å². The molecular weight excluding hydrogens is 894 g/mol. The van der Waals surface area contributed by atoms with E-state index in [4.69, 9.17) is 12.3 Å². The number of hydrogen-bond donors (Lipinski definition) is 1.